The number of rotatable bonds is 2. The van der Waals surface area contributed by atoms with Crippen LogP contribution in [0.15, 0.2) is 0 Å². The van der Waals surface area contributed by atoms with Gasteiger partial charge in [-0.05, 0) is 0 Å². The topological polar surface area (TPSA) is 12.0 Å². The van der Waals surface area contributed by atoms with Crippen molar-refractivity contribution in [3.8, 4) is 0 Å². The van der Waals surface area contributed by atoms with Gasteiger partial charge in [-0.15, -0.1) is 0 Å². The van der Waals surface area contributed by atoms with E-state index < -0.39 is 0 Å². The van der Waals surface area contributed by atoms with E-state index in [-0.39, 0.29) is 8.41 Å². The molecule has 0 rings (SSSR count). The molecule has 0 aromatic rings. The highest BCUT2D eigenvalue weighted by Crippen LogP contribution is 1.80. The van der Waals surface area contributed by atoms with Gasteiger partial charge in [0.05, 0.1) is 8.41 Å². The molecule has 0 aliphatic heterocycles. The summed E-state index contributed by atoms with van der Waals surface area (Å²) in [5, 5.41) is 3.31. The van der Waals surface area contributed by atoms with Gasteiger partial charge in [-0.25, -0.2) is 0 Å². The van der Waals surface area contributed by atoms with Crippen LogP contribution in [0.5, 0.6) is 0 Å². The Bertz CT molecular complexity index is 37.8. The van der Waals surface area contributed by atoms with E-state index >= 15 is 0 Å². The maximum atomic E-state index is 3.31. The summed E-state index contributed by atoms with van der Waals surface area (Å²) in [7, 11) is 0. The Hall–Kier alpha value is 0.0249. The Morgan fingerprint density at radius 1 is 0.875 bits per heavy atom. The summed E-state index contributed by atoms with van der Waals surface area (Å²) in [6.07, 6.45) is 0. The third kappa shape index (κ3) is 9.39. The van der Waals surface area contributed by atoms with Gasteiger partial charge >= 0.3 is 0 Å². The molecule has 0 heterocycles. The second kappa shape index (κ2) is 5.17. The molecule has 0 amide bonds. The summed E-state index contributed by atoms with van der Waals surface area (Å²) in [6.45, 7) is 8.61. The van der Waals surface area contributed by atoms with E-state index in [4.69, 9.17) is 0 Å². The van der Waals surface area contributed by atoms with Crippen molar-refractivity contribution < 1.29 is 0 Å². The van der Waals surface area contributed by atoms with Crippen LogP contribution in [0.25, 0.3) is 0 Å². The molecule has 0 radical (unpaired) electrons. The third-order valence-corrected chi connectivity index (χ3v) is 0.667. The first-order valence-electron chi connectivity index (χ1n) is 2.89. The monoisotopic (exact) mass is 115 g/mol. The van der Waals surface area contributed by atoms with Crippen LogP contribution >= 0.6 is 0 Å². The molecule has 1 nitrogen and oxygen atoms in total. The second-order valence-corrected chi connectivity index (χ2v) is 2.48. The van der Waals surface area contributed by atoms with Gasteiger partial charge in [-0.1, -0.05) is 27.7 Å². The summed E-state index contributed by atoms with van der Waals surface area (Å²) in [4.78, 5) is 0. The van der Waals surface area contributed by atoms with Crippen molar-refractivity contribution in [2.75, 3.05) is 0 Å². The Kier molecular flexibility index (Phi) is 7.05. The van der Waals surface area contributed by atoms with Gasteiger partial charge in [0.25, 0.3) is 0 Å². The molecule has 50 valence electrons. The van der Waals surface area contributed by atoms with E-state index in [9.17, 15) is 0 Å². The number of hydrogen-bond acceptors (Lipinski definition) is 1. The smallest absolute Gasteiger partial charge is 0.0814 e. The molecule has 0 unspecified atom stereocenters. The van der Waals surface area contributed by atoms with Gasteiger partial charge in [-0.3, -0.25) is 0 Å². The van der Waals surface area contributed by atoms with Crippen LogP contribution in [0.4, 0.5) is 0 Å². The van der Waals surface area contributed by atoms with Crippen molar-refractivity contribution in [1.29, 1.82) is 0 Å². The van der Waals surface area contributed by atoms with E-state index in [1.165, 1.54) is 0 Å². The molecular formula is C6H18BN. The van der Waals surface area contributed by atoms with Gasteiger partial charge in [0, 0.05) is 12.1 Å². The minimum atomic E-state index is 0. The van der Waals surface area contributed by atoms with Crippen molar-refractivity contribution in [2.45, 2.75) is 39.8 Å². The molecule has 0 atom stereocenters. The molecule has 0 aromatic carbocycles. The van der Waals surface area contributed by atoms with Gasteiger partial charge in [0.15, 0.2) is 0 Å². The van der Waals surface area contributed by atoms with Gasteiger partial charge in [-0.2, -0.15) is 0 Å². The predicted molar refractivity (Wildman–Crippen MR) is 43.3 cm³/mol. The molecule has 0 aliphatic rings. The van der Waals surface area contributed by atoms with Crippen LogP contribution in [0, 0.1) is 0 Å². The van der Waals surface area contributed by atoms with E-state index in [0.717, 1.165) is 0 Å². The molecular weight excluding hydrogens is 96.9 g/mol. The van der Waals surface area contributed by atoms with Gasteiger partial charge in [0.1, 0.15) is 0 Å². The molecule has 1 N–H and O–H groups in total. The summed E-state index contributed by atoms with van der Waals surface area (Å²) < 4.78 is 0. The lowest BCUT2D eigenvalue weighted by Crippen LogP contribution is -2.29. The maximum absolute atomic E-state index is 3.31. The second-order valence-electron chi connectivity index (χ2n) is 2.48. The first kappa shape index (κ1) is 10.9. The quantitative estimate of drug-likeness (QED) is 0.507. The zero-order chi connectivity index (χ0) is 5.86. The molecule has 0 saturated heterocycles. The fourth-order valence-electron chi connectivity index (χ4n) is 0.667. The average molecular weight is 115 g/mol. The van der Waals surface area contributed by atoms with Gasteiger partial charge < -0.3 is 5.32 Å². The highest BCUT2D eigenvalue weighted by Gasteiger charge is 1.92. The Morgan fingerprint density at radius 2 is 1.12 bits per heavy atom. The number of nitrogens with one attached hydrogen (secondary N) is 1. The molecule has 0 fully saturated rings. The first-order valence-corrected chi connectivity index (χ1v) is 2.89. The minimum Gasteiger partial charge on any atom is -0.312 e. The largest absolute Gasteiger partial charge is 0.312 e. The summed E-state index contributed by atoms with van der Waals surface area (Å²) in [5.74, 6) is 0. The average Bonchev–Trinajstić information content (AvgIpc) is 1.27. The van der Waals surface area contributed by atoms with Gasteiger partial charge in [0.2, 0.25) is 0 Å². The standard InChI is InChI=1S/C6H15N.BH3/c1-5(2)7-6(3)4;/h5-7H,1-4H3;1H3. The Balaban J connectivity index is 0. The van der Waals surface area contributed by atoms with Crippen LogP contribution in [0.1, 0.15) is 27.7 Å². The molecule has 0 aromatic heterocycles. The minimum absolute atomic E-state index is 0. The van der Waals surface area contributed by atoms with Crippen LogP contribution in [-0.2, 0) is 0 Å². The summed E-state index contributed by atoms with van der Waals surface area (Å²) in [5.41, 5.74) is 0. The molecule has 0 saturated carbocycles. The number of hydrogen-bond donors (Lipinski definition) is 1. The van der Waals surface area contributed by atoms with Crippen molar-refractivity contribution in [2.24, 2.45) is 0 Å². The highest BCUT2D eigenvalue weighted by molar-refractivity contribution is 5.75. The van der Waals surface area contributed by atoms with Crippen molar-refractivity contribution in [3.05, 3.63) is 0 Å². The SMILES string of the molecule is B.CC(C)NC(C)C. The normalized spacial score (nSPS) is 9.75. The summed E-state index contributed by atoms with van der Waals surface area (Å²) >= 11 is 0. The Morgan fingerprint density at radius 3 is 1.12 bits per heavy atom. The van der Waals surface area contributed by atoms with Crippen LogP contribution in [-0.4, -0.2) is 20.5 Å². The fourth-order valence-corrected chi connectivity index (χ4v) is 0.667. The maximum Gasteiger partial charge on any atom is 0.0814 e. The molecule has 0 bridgehead atoms. The molecule has 8 heavy (non-hydrogen) atoms. The molecule has 0 aliphatic carbocycles. The zero-order valence-corrected chi connectivity index (χ0v) is 5.65. The fraction of sp³-hybridized carbons (Fsp3) is 1.00. The van der Waals surface area contributed by atoms with Crippen molar-refractivity contribution >= 4 is 8.41 Å². The van der Waals surface area contributed by atoms with E-state index in [2.05, 4.69) is 33.0 Å². The van der Waals surface area contributed by atoms with Crippen LogP contribution in [0.2, 0.25) is 0 Å². The Labute approximate surface area is 54.4 Å². The van der Waals surface area contributed by atoms with Crippen LogP contribution < -0.4 is 5.32 Å². The lowest BCUT2D eigenvalue weighted by atomic mass is 10.3. The lowest BCUT2D eigenvalue weighted by Gasteiger charge is -2.10. The van der Waals surface area contributed by atoms with Crippen LogP contribution in [0.3, 0.4) is 0 Å². The highest BCUT2D eigenvalue weighted by atomic mass is 14.9. The predicted octanol–water partition coefficient (Wildman–Crippen LogP) is 0.209. The molecule has 0 spiro atoms. The van der Waals surface area contributed by atoms with Crippen molar-refractivity contribution in [3.63, 3.8) is 0 Å². The van der Waals surface area contributed by atoms with E-state index in [1.54, 1.807) is 0 Å². The van der Waals surface area contributed by atoms with Crippen molar-refractivity contribution in [1.82, 2.24) is 5.32 Å². The summed E-state index contributed by atoms with van der Waals surface area (Å²) in [6, 6.07) is 1.25. The van der Waals surface area contributed by atoms with E-state index in [0.29, 0.717) is 12.1 Å². The zero-order valence-electron chi connectivity index (χ0n) is 5.65. The first-order chi connectivity index (χ1) is 3.13. The lowest BCUT2D eigenvalue weighted by molar-refractivity contribution is 0.518. The molecule has 2 heteroatoms. The third-order valence-electron chi connectivity index (χ3n) is 0.667. The van der Waals surface area contributed by atoms with E-state index in [1.807, 2.05) is 0 Å².